The van der Waals surface area contributed by atoms with Gasteiger partial charge < -0.3 is 0 Å². The maximum absolute atomic E-state index is 8.10. The van der Waals surface area contributed by atoms with Crippen LogP contribution in [0.1, 0.15) is 19.3 Å². The van der Waals surface area contributed by atoms with E-state index in [9.17, 15) is 0 Å². The van der Waals surface area contributed by atoms with Gasteiger partial charge in [0.2, 0.25) is 0 Å². The van der Waals surface area contributed by atoms with E-state index in [1.54, 1.807) is 0 Å². The summed E-state index contributed by atoms with van der Waals surface area (Å²) in [5.41, 5.74) is 8.10. The summed E-state index contributed by atoms with van der Waals surface area (Å²) in [6.45, 7) is 0. The van der Waals surface area contributed by atoms with E-state index < -0.39 is 0 Å². The van der Waals surface area contributed by atoms with Crippen molar-refractivity contribution in [3.63, 3.8) is 0 Å². The first kappa shape index (κ1) is 7.15. The molecule has 0 aromatic rings. The molecule has 0 bridgehead atoms. The van der Waals surface area contributed by atoms with E-state index in [-0.39, 0.29) is 6.04 Å². The highest BCUT2D eigenvalue weighted by molar-refractivity contribution is 14.1. The molecule has 0 aromatic carbocycles. The molecule has 0 aromatic heterocycles. The maximum Gasteiger partial charge on any atom is 0.0491 e. The Labute approximate surface area is 67.6 Å². The zero-order chi connectivity index (χ0) is 6.69. The van der Waals surface area contributed by atoms with Crippen LogP contribution in [0.3, 0.4) is 0 Å². The highest BCUT2D eigenvalue weighted by Gasteiger charge is 2.22. The van der Waals surface area contributed by atoms with Crippen LogP contribution in [-0.2, 0) is 0 Å². The number of hydrogen-bond acceptors (Lipinski definition) is 1. The van der Waals surface area contributed by atoms with Crippen LogP contribution in [-0.4, -0.2) is 9.97 Å². The van der Waals surface area contributed by atoms with E-state index >= 15 is 0 Å². The largest absolute Gasteiger partial charge is 0.0895 e. The van der Waals surface area contributed by atoms with E-state index in [0.29, 0.717) is 3.92 Å². The second-order valence-electron chi connectivity index (χ2n) is 2.22. The number of rotatable bonds is 1. The van der Waals surface area contributed by atoms with Crippen LogP contribution in [0.2, 0.25) is 0 Å². The van der Waals surface area contributed by atoms with E-state index in [2.05, 4.69) is 32.6 Å². The van der Waals surface area contributed by atoms with Gasteiger partial charge in [0.05, 0.1) is 0 Å². The van der Waals surface area contributed by atoms with Gasteiger partial charge in [0.25, 0.3) is 0 Å². The lowest BCUT2D eigenvalue weighted by Crippen LogP contribution is -2.07. The van der Waals surface area contributed by atoms with Crippen LogP contribution in [0.5, 0.6) is 0 Å². The molecule has 1 saturated carbocycles. The van der Waals surface area contributed by atoms with Crippen LogP contribution in [0, 0.1) is 0 Å². The Hall–Kier alpha value is 0.0400. The molecule has 0 spiro atoms. The van der Waals surface area contributed by atoms with Crippen molar-refractivity contribution in [3.8, 4) is 0 Å². The Morgan fingerprint density at radius 3 is 2.78 bits per heavy atom. The molecule has 50 valence electrons. The summed E-state index contributed by atoms with van der Waals surface area (Å²) in [6, 6.07) is 0.274. The maximum atomic E-state index is 8.10. The van der Waals surface area contributed by atoms with E-state index in [1.807, 2.05) is 0 Å². The standard InChI is InChI=1S/C5H8IN3/c6-4-2-1-3-5(4)8-9-7/h4-5H,1-3H2. The molecule has 0 aliphatic heterocycles. The van der Waals surface area contributed by atoms with Crippen molar-refractivity contribution in [1.29, 1.82) is 0 Å². The smallest absolute Gasteiger partial charge is 0.0491 e. The highest BCUT2D eigenvalue weighted by Crippen LogP contribution is 2.28. The van der Waals surface area contributed by atoms with Crippen LogP contribution >= 0.6 is 22.6 Å². The fourth-order valence-corrected chi connectivity index (χ4v) is 2.04. The van der Waals surface area contributed by atoms with Crippen LogP contribution in [0.4, 0.5) is 0 Å². The van der Waals surface area contributed by atoms with Gasteiger partial charge in [-0.3, -0.25) is 0 Å². The van der Waals surface area contributed by atoms with Gasteiger partial charge in [-0.2, -0.15) is 0 Å². The molecule has 4 heteroatoms. The third-order valence-electron chi connectivity index (χ3n) is 1.60. The first-order valence-electron chi connectivity index (χ1n) is 3.03. The molecule has 1 fully saturated rings. The molecule has 2 atom stereocenters. The normalized spacial score (nSPS) is 33.9. The van der Waals surface area contributed by atoms with Crippen molar-refractivity contribution >= 4 is 22.6 Å². The average Bonchev–Trinajstić information content (AvgIpc) is 2.18. The Morgan fingerprint density at radius 1 is 1.56 bits per heavy atom. The molecule has 9 heavy (non-hydrogen) atoms. The number of alkyl halides is 1. The number of halogens is 1. The molecule has 0 radical (unpaired) electrons. The molecular formula is C5H8IN3. The Kier molecular flexibility index (Phi) is 2.60. The minimum Gasteiger partial charge on any atom is -0.0895 e. The van der Waals surface area contributed by atoms with Gasteiger partial charge in [0.15, 0.2) is 0 Å². The lowest BCUT2D eigenvalue weighted by molar-refractivity contribution is 0.722. The lowest BCUT2D eigenvalue weighted by Gasteiger charge is -2.03. The van der Waals surface area contributed by atoms with E-state index in [4.69, 9.17) is 5.53 Å². The number of hydrogen-bond donors (Lipinski definition) is 0. The number of azide groups is 1. The van der Waals surface area contributed by atoms with Gasteiger partial charge >= 0.3 is 0 Å². The van der Waals surface area contributed by atoms with Crippen molar-refractivity contribution < 1.29 is 0 Å². The first-order valence-corrected chi connectivity index (χ1v) is 4.27. The summed E-state index contributed by atoms with van der Waals surface area (Å²) < 4.78 is 0.582. The molecule has 0 amide bonds. The average molecular weight is 237 g/mol. The molecular weight excluding hydrogens is 229 g/mol. The van der Waals surface area contributed by atoms with Crippen molar-refractivity contribution in [1.82, 2.24) is 0 Å². The van der Waals surface area contributed by atoms with Crippen LogP contribution in [0.25, 0.3) is 10.4 Å². The zero-order valence-corrected chi connectivity index (χ0v) is 7.15. The van der Waals surface area contributed by atoms with Gasteiger partial charge in [-0.1, -0.05) is 34.1 Å². The topological polar surface area (TPSA) is 48.8 Å². The predicted molar refractivity (Wildman–Crippen MR) is 44.6 cm³/mol. The Balaban J connectivity index is 2.49. The van der Waals surface area contributed by atoms with Crippen molar-refractivity contribution in [2.75, 3.05) is 0 Å². The zero-order valence-electron chi connectivity index (χ0n) is 5.00. The van der Waals surface area contributed by atoms with Crippen molar-refractivity contribution in [3.05, 3.63) is 10.4 Å². The van der Waals surface area contributed by atoms with Gasteiger partial charge in [0, 0.05) is 14.9 Å². The third-order valence-corrected chi connectivity index (χ3v) is 3.05. The fraction of sp³-hybridized carbons (Fsp3) is 1.00. The summed E-state index contributed by atoms with van der Waals surface area (Å²) in [7, 11) is 0. The quantitative estimate of drug-likeness (QED) is 0.221. The van der Waals surface area contributed by atoms with Gasteiger partial charge in [-0.15, -0.1) is 0 Å². The SMILES string of the molecule is [N-]=[N+]=NC1CCCC1I. The molecule has 1 aliphatic carbocycles. The molecule has 3 nitrogen and oxygen atoms in total. The minimum atomic E-state index is 0.274. The summed E-state index contributed by atoms with van der Waals surface area (Å²) >= 11 is 2.35. The third kappa shape index (κ3) is 1.72. The Morgan fingerprint density at radius 2 is 2.33 bits per heavy atom. The fourth-order valence-electron chi connectivity index (χ4n) is 1.09. The lowest BCUT2D eigenvalue weighted by atomic mass is 10.3. The van der Waals surface area contributed by atoms with Gasteiger partial charge in [-0.05, 0) is 18.4 Å². The monoisotopic (exact) mass is 237 g/mol. The minimum absolute atomic E-state index is 0.274. The molecule has 2 unspecified atom stereocenters. The molecule has 0 N–H and O–H groups in total. The number of nitrogens with zero attached hydrogens (tertiary/aromatic N) is 3. The van der Waals surface area contributed by atoms with E-state index in [0.717, 1.165) is 6.42 Å². The first-order chi connectivity index (χ1) is 4.34. The summed E-state index contributed by atoms with van der Waals surface area (Å²) in [5, 5.41) is 3.68. The second-order valence-corrected chi connectivity index (χ2v) is 3.82. The van der Waals surface area contributed by atoms with Crippen molar-refractivity contribution in [2.45, 2.75) is 29.2 Å². The van der Waals surface area contributed by atoms with Crippen molar-refractivity contribution in [2.24, 2.45) is 5.11 Å². The molecule has 1 rings (SSSR count). The molecule has 0 heterocycles. The van der Waals surface area contributed by atoms with Gasteiger partial charge in [-0.25, -0.2) is 0 Å². The second kappa shape index (κ2) is 3.27. The molecule has 0 saturated heterocycles. The van der Waals surface area contributed by atoms with Crippen LogP contribution < -0.4 is 0 Å². The summed E-state index contributed by atoms with van der Waals surface area (Å²) in [5.74, 6) is 0. The summed E-state index contributed by atoms with van der Waals surface area (Å²) in [6.07, 6.45) is 3.51. The predicted octanol–water partition coefficient (Wildman–Crippen LogP) is 2.65. The van der Waals surface area contributed by atoms with E-state index in [1.165, 1.54) is 12.8 Å². The van der Waals surface area contributed by atoms with Crippen LogP contribution in [0.15, 0.2) is 5.11 Å². The Bertz CT molecular complexity index is 141. The van der Waals surface area contributed by atoms with Gasteiger partial charge in [0.1, 0.15) is 0 Å². The summed E-state index contributed by atoms with van der Waals surface area (Å²) in [4.78, 5) is 2.79. The molecule has 1 aliphatic rings. The highest BCUT2D eigenvalue weighted by atomic mass is 127.